The lowest BCUT2D eigenvalue weighted by Gasteiger charge is -2.28. The summed E-state index contributed by atoms with van der Waals surface area (Å²) in [5.41, 5.74) is 4.90. The number of anilines is 2. The van der Waals surface area contributed by atoms with Crippen LogP contribution in [0.2, 0.25) is 0 Å². The minimum absolute atomic E-state index is 0.0314. The van der Waals surface area contributed by atoms with Crippen molar-refractivity contribution >= 4 is 11.8 Å². The average molecular weight is 428 g/mol. The molecule has 1 aliphatic carbocycles. The highest BCUT2D eigenvalue weighted by Crippen LogP contribution is 2.38. The molecule has 6 nitrogen and oxygen atoms in total. The van der Waals surface area contributed by atoms with Crippen LogP contribution in [-0.4, -0.2) is 47.2 Å². The summed E-state index contributed by atoms with van der Waals surface area (Å²) in [7, 11) is 0. The van der Waals surface area contributed by atoms with Crippen molar-refractivity contribution < 1.29 is 4.74 Å². The zero-order chi connectivity index (χ0) is 21.3. The molecule has 32 heavy (non-hydrogen) atoms. The Labute approximate surface area is 189 Å². The Bertz CT molecular complexity index is 1020. The van der Waals surface area contributed by atoms with E-state index in [0.717, 1.165) is 51.2 Å². The van der Waals surface area contributed by atoms with Crippen molar-refractivity contribution in [1.82, 2.24) is 14.9 Å². The Hall–Kier alpha value is -2.96. The zero-order valence-electron chi connectivity index (χ0n) is 18.3. The van der Waals surface area contributed by atoms with Gasteiger partial charge in [0.05, 0.1) is 24.9 Å². The first-order valence-electron chi connectivity index (χ1n) is 11.7. The van der Waals surface area contributed by atoms with Gasteiger partial charge in [-0.05, 0) is 24.0 Å². The third-order valence-corrected chi connectivity index (χ3v) is 6.70. The van der Waals surface area contributed by atoms with Crippen LogP contribution < -0.4 is 10.2 Å². The topological polar surface area (TPSA) is 53.5 Å². The quantitative estimate of drug-likeness (QED) is 0.642. The Morgan fingerprint density at radius 2 is 1.50 bits per heavy atom. The first-order valence-corrected chi connectivity index (χ1v) is 11.7. The van der Waals surface area contributed by atoms with E-state index in [1.807, 2.05) is 0 Å². The molecular weight excluding hydrogens is 398 g/mol. The van der Waals surface area contributed by atoms with Crippen LogP contribution in [0.4, 0.5) is 11.8 Å². The summed E-state index contributed by atoms with van der Waals surface area (Å²) in [6, 6.07) is 22.0. The van der Waals surface area contributed by atoms with Gasteiger partial charge in [0.2, 0.25) is 5.95 Å². The van der Waals surface area contributed by atoms with Gasteiger partial charge in [-0.15, -0.1) is 0 Å². The summed E-state index contributed by atoms with van der Waals surface area (Å²) in [4.78, 5) is 14.9. The second kappa shape index (κ2) is 8.52. The number of benzene rings is 2. The minimum atomic E-state index is 0.0314. The number of nitrogens with one attached hydrogen (secondary N) is 1. The summed E-state index contributed by atoms with van der Waals surface area (Å²) in [6.45, 7) is 5.00. The van der Waals surface area contributed by atoms with Gasteiger partial charge in [-0.3, -0.25) is 4.90 Å². The molecule has 0 amide bonds. The van der Waals surface area contributed by atoms with Crippen LogP contribution in [0, 0.1) is 0 Å². The monoisotopic (exact) mass is 427 g/mol. The fourth-order valence-electron chi connectivity index (χ4n) is 4.77. The van der Waals surface area contributed by atoms with Crippen LogP contribution in [0.5, 0.6) is 0 Å². The molecule has 1 aromatic heterocycles. The molecule has 1 N–H and O–H groups in total. The maximum Gasteiger partial charge on any atom is 0.227 e. The number of nitrogens with zero attached hydrogens (tertiary/aromatic N) is 4. The molecule has 2 aromatic carbocycles. The molecule has 0 unspecified atom stereocenters. The number of fused-ring (bicyclic) bond motifs is 1. The molecule has 3 heterocycles. The van der Waals surface area contributed by atoms with E-state index in [1.54, 1.807) is 0 Å². The molecule has 1 saturated heterocycles. The fourth-order valence-corrected chi connectivity index (χ4v) is 4.77. The van der Waals surface area contributed by atoms with Crippen molar-refractivity contribution in [3.05, 3.63) is 83.0 Å². The number of ether oxygens (including phenoxy) is 1. The summed E-state index contributed by atoms with van der Waals surface area (Å²) in [5.74, 6) is 1.80. The summed E-state index contributed by atoms with van der Waals surface area (Å²) >= 11 is 0. The molecule has 3 aliphatic rings. The highest BCUT2D eigenvalue weighted by atomic mass is 16.5. The molecule has 2 fully saturated rings. The second-order valence-electron chi connectivity index (χ2n) is 8.93. The largest absolute Gasteiger partial charge is 0.378 e. The Kier molecular flexibility index (Phi) is 5.25. The van der Waals surface area contributed by atoms with Crippen LogP contribution in [0.3, 0.4) is 0 Å². The first kappa shape index (κ1) is 19.7. The third kappa shape index (κ3) is 3.96. The van der Waals surface area contributed by atoms with E-state index in [4.69, 9.17) is 14.7 Å². The first-order chi connectivity index (χ1) is 15.8. The van der Waals surface area contributed by atoms with E-state index < -0.39 is 0 Å². The molecule has 0 spiro atoms. The average Bonchev–Trinajstić information content (AvgIpc) is 3.62. The van der Waals surface area contributed by atoms with Gasteiger partial charge in [0.25, 0.3) is 0 Å². The Morgan fingerprint density at radius 1 is 0.844 bits per heavy atom. The summed E-state index contributed by atoms with van der Waals surface area (Å²) < 4.78 is 5.56. The van der Waals surface area contributed by atoms with Crippen LogP contribution in [0.25, 0.3) is 0 Å². The summed E-state index contributed by atoms with van der Waals surface area (Å²) in [5, 5.41) is 3.84. The maximum atomic E-state index is 5.56. The van der Waals surface area contributed by atoms with E-state index in [0.29, 0.717) is 6.04 Å². The van der Waals surface area contributed by atoms with Crippen molar-refractivity contribution in [3.63, 3.8) is 0 Å². The normalized spacial score (nSPS) is 18.7. The van der Waals surface area contributed by atoms with Crippen molar-refractivity contribution in [1.29, 1.82) is 0 Å². The number of hydrogen-bond acceptors (Lipinski definition) is 6. The molecule has 0 bridgehead atoms. The smallest absolute Gasteiger partial charge is 0.227 e. The van der Waals surface area contributed by atoms with Crippen molar-refractivity contribution in [2.24, 2.45) is 0 Å². The molecule has 164 valence electrons. The molecule has 0 atom stereocenters. The second-order valence-corrected chi connectivity index (χ2v) is 8.93. The number of aromatic nitrogens is 2. The van der Waals surface area contributed by atoms with Crippen LogP contribution >= 0.6 is 0 Å². The van der Waals surface area contributed by atoms with E-state index >= 15 is 0 Å². The predicted octanol–water partition coefficient (Wildman–Crippen LogP) is 3.99. The lowest BCUT2D eigenvalue weighted by molar-refractivity contribution is 0.122. The van der Waals surface area contributed by atoms with E-state index in [9.17, 15) is 0 Å². The van der Waals surface area contributed by atoms with Crippen molar-refractivity contribution in [3.8, 4) is 0 Å². The van der Waals surface area contributed by atoms with Gasteiger partial charge in [0.1, 0.15) is 5.82 Å². The van der Waals surface area contributed by atoms with Gasteiger partial charge in [-0.25, -0.2) is 4.98 Å². The SMILES string of the molecule is c1ccc(C(Nc2nc(N3CCOCC3)nc3c2CN(C2CC2)C3)c2ccccc2)cc1. The van der Waals surface area contributed by atoms with Crippen LogP contribution in [-0.2, 0) is 17.8 Å². The molecule has 6 rings (SSSR count). The van der Waals surface area contributed by atoms with Crippen LogP contribution in [0.1, 0.15) is 41.3 Å². The molecule has 3 aromatic rings. The number of rotatable bonds is 6. The Balaban J connectivity index is 1.39. The third-order valence-electron chi connectivity index (χ3n) is 6.70. The van der Waals surface area contributed by atoms with E-state index in [2.05, 4.69) is 75.8 Å². The van der Waals surface area contributed by atoms with E-state index in [1.165, 1.54) is 35.2 Å². The lowest BCUT2D eigenvalue weighted by Crippen LogP contribution is -2.37. The Morgan fingerprint density at radius 3 is 2.12 bits per heavy atom. The van der Waals surface area contributed by atoms with E-state index in [-0.39, 0.29) is 6.04 Å². The molecule has 2 aliphatic heterocycles. The molecule has 1 saturated carbocycles. The van der Waals surface area contributed by atoms with Crippen LogP contribution in [0.15, 0.2) is 60.7 Å². The van der Waals surface area contributed by atoms with Crippen molar-refractivity contribution in [2.45, 2.75) is 38.0 Å². The molecule has 0 radical (unpaired) electrons. The van der Waals surface area contributed by atoms with Gasteiger partial charge in [0, 0.05) is 37.8 Å². The highest BCUT2D eigenvalue weighted by Gasteiger charge is 2.36. The fraction of sp³-hybridized carbons (Fsp3) is 0.385. The zero-order valence-corrected chi connectivity index (χ0v) is 18.3. The standard InChI is InChI=1S/C26H29N5O/c1-3-7-19(8-4-1)24(20-9-5-2-6-10-20)28-25-22-17-31(21-11-12-21)18-23(22)27-26(29-25)30-13-15-32-16-14-30/h1-10,21,24H,11-18H2,(H,27,28,29). The van der Waals surface area contributed by atoms with Gasteiger partial charge >= 0.3 is 0 Å². The maximum absolute atomic E-state index is 5.56. The lowest BCUT2D eigenvalue weighted by atomic mass is 9.98. The molecular formula is C26H29N5O. The molecule has 6 heteroatoms. The number of morpholine rings is 1. The number of hydrogen-bond donors (Lipinski definition) is 1. The van der Waals surface area contributed by atoms with Gasteiger partial charge in [-0.1, -0.05) is 60.7 Å². The highest BCUT2D eigenvalue weighted by molar-refractivity contribution is 5.56. The van der Waals surface area contributed by atoms with Crippen molar-refractivity contribution in [2.75, 3.05) is 36.5 Å². The predicted molar refractivity (Wildman–Crippen MR) is 126 cm³/mol. The van der Waals surface area contributed by atoms with Gasteiger partial charge < -0.3 is 15.0 Å². The summed E-state index contributed by atoms with van der Waals surface area (Å²) in [6.07, 6.45) is 2.61. The van der Waals surface area contributed by atoms with Gasteiger partial charge in [-0.2, -0.15) is 4.98 Å². The van der Waals surface area contributed by atoms with Gasteiger partial charge in [0.15, 0.2) is 0 Å². The minimum Gasteiger partial charge on any atom is -0.378 e.